The molecule has 2 amide bonds. The van der Waals surface area contributed by atoms with E-state index in [-0.39, 0.29) is 11.3 Å². The maximum absolute atomic E-state index is 13.5. The van der Waals surface area contributed by atoms with Crippen LogP contribution in [0.15, 0.2) is 72.4 Å². The molecule has 0 bridgehead atoms. The first-order chi connectivity index (χ1) is 14.4. The molecule has 1 aliphatic heterocycles. The summed E-state index contributed by atoms with van der Waals surface area (Å²) in [5.41, 5.74) is 5.00. The zero-order chi connectivity index (χ0) is 21.4. The van der Waals surface area contributed by atoms with Crippen LogP contribution in [-0.4, -0.2) is 11.8 Å². The lowest BCUT2D eigenvalue weighted by Gasteiger charge is -2.19. The minimum atomic E-state index is -0.436. The van der Waals surface area contributed by atoms with E-state index in [0.29, 0.717) is 16.9 Å². The summed E-state index contributed by atoms with van der Waals surface area (Å²) in [6.45, 7) is 5.77. The van der Waals surface area contributed by atoms with Gasteiger partial charge >= 0.3 is 0 Å². The average Bonchev–Trinajstić information content (AvgIpc) is 2.95. The van der Waals surface area contributed by atoms with Crippen LogP contribution in [0.2, 0.25) is 0 Å². The molecule has 0 aliphatic carbocycles. The number of anilines is 2. The highest BCUT2D eigenvalue weighted by Crippen LogP contribution is 2.35. The monoisotopic (exact) mass is 400 g/mol. The molecule has 0 saturated heterocycles. The van der Waals surface area contributed by atoms with Gasteiger partial charge in [0, 0.05) is 5.69 Å². The van der Waals surface area contributed by atoms with Crippen molar-refractivity contribution in [1.82, 2.24) is 0 Å². The normalized spacial score (nSPS) is 13.9. The SMILES string of the molecule is Cc1cccc(NC2=C(c3ccc(F)cc3)C(=O)N(c3cccc(C)c3C)C2=O)c1. The van der Waals surface area contributed by atoms with Crippen molar-refractivity contribution in [2.24, 2.45) is 0 Å². The van der Waals surface area contributed by atoms with Gasteiger partial charge in [0.1, 0.15) is 11.5 Å². The van der Waals surface area contributed by atoms with Gasteiger partial charge in [0.05, 0.1) is 11.3 Å². The van der Waals surface area contributed by atoms with E-state index in [2.05, 4.69) is 5.32 Å². The molecule has 4 nitrogen and oxygen atoms in total. The smallest absolute Gasteiger partial charge is 0.282 e. The number of benzene rings is 3. The summed E-state index contributed by atoms with van der Waals surface area (Å²) in [7, 11) is 0. The molecule has 0 radical (unpaired) electrons. The van der Waals surface area contributed by atoms with Crippen molar-refractivity contribution in [3.63, 3.8) is 0 Å². The summed E-state index contributed by atoms with van der Waals surface area (Å²) in [6, 6.07) is 18.7. The Morgan fingerprint density at radius 1 is 0.833 bits per heavy atom. The number of nitrogens with zero attached hydrogens (tertiary/aromatic N) is 1. The van der Waals surface area contributed by atoms with E-state index in [1.165, 1.54) is 29.2 Å². The van der Waals surface area contributed by atoms with Crippen LogP contribution in [0, 0.1) is 26.6 Å². The van der Waals surface area contributed by atoms with Crippen LogP contribution in [0.25, 0.3) is 5.57 Å². The van der Waals surface area contributed by atoms with Crippen LogP contribution >= 0.6 is 0 Å². The molecule has 3 aromatic carbocycles. The van der Waals surface area contributed by atoms with Crippen molar-refractivity contribution in [1.29, 1.82) is 0 Å². The van der Waals surface area contributed by atoms with Crippen LogP contribution in [-0.2, 0) is 9.59 Å². The summed E-state index contributed by atoms with van der Waals surface area (Å²) < 4.78 is 13.5. The van der Waals surface area contributed by atoms with Crippen molar-refractivity contribution in [2.75, 3.05) is 10.2 Å². The molecular formula is C25H21FN2O2. The van der Waals surface area contributed by atoms with E-state index >= 15 is 0 Å². The quantitative estimate of drug-likeness (QED) is 0.617. The van der Waals surface area contributed by atoms with Crippen LogP contribution < -0.4 is 10.2 Å². The highest BCUT2D eigenvalue weighted by Gasteiger charge is 2.40. The molecule has 0 aromatic heterocycles. The standard InChI is InChI=1S/C25H21FN2O2/c1-15-6-4-8-20(14-15)27-23-22(18-10-12-19(26)13-11-18)24(29)28(25(23)30)21-9-5-7-16(2)17(21)3/h4-14,27H,1-3H3. The Morgan fingerprint density at radius 2 is 1.53 bits per heavy atom. The van der Waals surface area contributed by atoms with E-state index < -0.39 is 17.6 Å². The number of hydrogen-bond donors (Lipinski definition) is 1. The third-order valence-corrected chi connectivity index (χ3v) is 5.32. The number of hydrogen-bond acceptors (Lipinski definition) is 3. The molecule has 0 unspecified atom stereocenters. The Hall–Kier alpha value is -3.73. The van der Waals surface area contributed by atoms with Gasteiger partial charge in [-0.2, -0.15) is 0 Å². The molecule has 1 heterocycles. The van der Waals surface area contributed by atoms with E-state index in [9.17, 15) is 14.0 Å². The van der Waals surface area contributed by atoms with Crippen molar-refractivity contribution in [2.45, 2.75) is 20.8 Å². The third-order valence-electron chi connectivity index (χ3n) is 5.32. The van der Waals surface area contributed by atoms with Gasteiger partial charge in [0.2, 0.25) is 0 Å². The second kappa shape index (κ2) is 7.59. The van der Waals surface area contributed by atoms with Crippen LogP contribution in [0.4, 0.5) is 15.8 Å². The van der Waals surface area contributed by atoms with Gasteiger partial charge in [-0.3, -0.25) is 9.59 Å². The molecule has 4 rings (SSSR count). The largest absolute Gasteiger partial charge is 0.350 e. The van der Waals surface area contributed by atoms with Crippen molar-refractivity contribution < 1.29 is 14.0 Å². The van der Waals surface area contributed by atoms with E-state index in [1.807, 2.05) is 57.2 Å². The molecule has 0 saturated carbocycles. The van der Waals surface area contributed by atoms with Gasteiger partial charge in [-0.05, 0) is 73.4 Å². The lowest BCUT2D eigenvalue weighted by molar-refractivity contribution is -0.120. The Balaban J connectivity index is 1.86. The fourth-order valence-electron chi connectivity index (χ4n) is 3.59. The Labute approximate surface area is 174 Å². The maximum Gasteiger partial charge on any atom is 0.282 e. The van der Waals surface area contributed by atoms with Gasteiger partial charge in [-0.1, -0.05) is 36.4 Å². The average molecular weight is 400 g/mol. The minimum Gasteiger partial charge on any atom is -0.350 e. The van der Waals surface area contributed by atoms with Crippen LogP contribution in [0.1, 0.15) is 22.3 Å². The highest BCUT2D eigenvalue weighted by molar-refractivity contribution is 6.46. The number of imide groups is 1. The number of halogens is 1. The first-order valence-corrected chi connectivity index (χ1v) is 9.65. The number of amides is 2. The summed E-state index contributed by atoms with van der Waals surface area (Å²) in [6.07, 6.45) is 0. The second-order valence-electron chi connectivity index (χ2n) is 7.42. The molecular weight excluding hydrogens is 379 g/mol. The zero-order valence-corrected chi connectivity index (χ0v) is 17.0. The fourth-order valence-corrected chi connectivity index (χ4v) is 3.59. The summed E-state index contributed by atoms with van der Waals surface area (Å²) in [5, 5.41) is 3.13. The number of nitrogens with one attached hydrogen (secondary N) is 1. The van der Waals surface area contributed by atoms with E-state index in [1.54, 1.807) is 6.07 Å². The van der Waals surface area contributed by atoms with Gasteiger partial charge in [-0.15, -0.1) is 0 Å². The molecule has 0 spiro atoms. The lowest BCUT2D eigenvalue weighted by atomic mass is 10.0. The Bertz CT molecular complexity index is 1200. The predicted molar refractivity (Wildman–Crippen MR) is 117 cm³/mol. The van der Waals surface area contributed by atoms with E-state index in [0.717, 1.165) is 16.7 Å². The number of carbonyl (C=O) groups excluding carboxylic acids is 2. The first kappa shape index (κ1) is 19.6. The molecule has 150 valence electrons. The van der Waals surface area contributed by atoms with Gasteiger partial charge in [0.15, 0.2) is 0 Å². The number of aryl methyl sites for hydroxylation is 2. The third kappa shape index (κ3) is 3.39. The topological polar surface area (TPSA) is 49.4 Å². The summed E-state index contributed by atoms with van der Waals surface area (Å²) >= 11 is 0. The van der Waals surface area contributed by atoms with Crippen LogP contribution in [0.3, 0.4) is 0 Å². The molecule has 30 heavy (non-hydrogen) atoms. The Morgan fingerprint density at radius 3 is 2.23 bits per heavy atom. The van der Waals surface area contributed by atoms with Gasteiger partial charge in [-0.25, -0.2) is 9.29 Å². The van der Waals surface area contributed by atoms with Gasteiger partial charge < -0.3 is 5.32 Å². The second-order valence-corrected chi connectivity index (χ2v) is 7.42. The molecule has 0 fully saturated rings. The van der Waals surface area contributed by atoms with Gasteiger partial charge in [0.25, 0.3) is 11.8 Å². The van der Waals surface area contributed by atoms with Crippen LogP contribution in [0.5, 0.6) is 0 Å². The van der Waals surface area contributed by atoms with Crippen molar-refractivity contribution >= 4 is 28.8 Å². The maximum atomic E-state index is 13.5. The number of rotatable bonds is 4. The van der Waals surface area contributed by atoms with Crippen molar-refractivity contribution in [3.8, 4) is 0 Å². The molecule has 5 heteroatoms. The molecule has 0 atom stereocenters. The number of carbonyl (C=O) groups is 2. The van der Waals surface area contributed by atoms with E-state index in [4.69, 9.17) is 0 Å². The minimum absolute atomic E-state index is 0.179. The highest BCUT2D eigenvalue weighted by atomic mass is 19.1. The molecule has 1 aliphatic rings. The molecule has 1 N–H and O–H groups in total. The summed E-state index contributed by atoms with van der Waals surface area (Å²) in [4.78, 5) is 28.1. The molecule has 3 aromatic rings. The fraction of sp³-hybridized carbons (Fsp3) is 0.120. The predicted octanol–water partition coefficient (Wildman–Crippen LogP) is 5.15. The Kier molecular flexibility index (Phi) is 4.96. The van der Waals surface area contributed by atoms with Crippen molar-refractivity contribution in [3.05, 3.63) is 100 Å². The summed E-state index contributed by atoms with van der Waals surface area (Å²) in [5.74, 6) is -1.28. The lowest BCUT2D eigenvalue weighted by Crippen LogP contribution is -2.33. The first-order valence-electron chi connectivity index (χ1n) is 9.65. The zero-order valence-electron chi connectivity index (χ0n) is 17.0.